The van der Waals surface area contributed by atoms with Gasteiger partial charge in [-0.05, 0) is 97.7 Å². The van der Waals surface area contributed by atoms with E-state index in [0.717, 1.165) is 55.2 Å². The number of hydrogen-bond donors (Lipinski definition) is 2. The van der Waals surface area contributed by atoms with Crippen molar-refractivity contribution < 1.29 is 24.2 Å². The van der Waals surface area contributed by atoms with Crippen LogP contribution in [0.4, 0.5) is 0 Å². The molecule has 182 valence electrons. The van der Waals surface area contributed by atoms with Gasteiger partial charge in [-0.15, -0.1) is 0 Å². The molecule has 1 aliphatic rings. The van der Waals surface area contributed by atoms with Gasteiger partial charge in [0.25, 0.3) is 0 Å². The molecule has 0 aliphatic heterocycles. The van der Waals surface area contributed by atoms with Crippen LogP contribution in [0.2, 0.25) is 0 Å². The molecule has 3 unspecified atom stereocenters. The zero-order valence-electron chi connectivity index (χ0n) is 20.6. The Bertz CT molecular complexity index is 1160. The molecule has 3 aromatic rings. The van der Waals surface area contributed by atoms with Crippen molar-refractivity contribution >= 4 is 16.9 Å². The quantitative estimate of drug-likeness (QED) is 0.380. The van der Waals surface area contributed by atoms with E-state index < -0.39 is 12.1 Å². The lowest BCUT2D eigenvalue weighted by Gasteiger charge is -2.40. The average molecular weight is 465 g/mol. The number of aryl methyl sites for hydroxylation is 2. The van der Waals surface area contributed by atoms with E-state index in [-0.39, 0.29) is 17.3 Å². The maximum atomic E-state index is 11.2. The van der Waals surface area contributed by atoms with E-state index in [4.69, 9.17) is 14.3 Å². The van der Waals surface area contributed by atoms with Crippen molar-refractivity contribution in [3.63, 3.8) is 0 Å². The Morgan fingerprint density at radius 2 is 2.00 bits per heavy atom. The lowest BCUT2D eigenvalue weighted by Crippen LogP contribution is -2.46. The number of aromatic carboxylic acids is 1. The zero-order chi connectivity index (χ0) is 24.5. The third-order valence-electron chi connectivity index (χ3n) is 7.48. The number of fused-ring (bicyclic) bond motifs is 1. The summed E-state index contributed by atoms with van der Waals surface area (Å²) in [6.45, 7) is 8.52. The van der Waals surface area contributed by atoms with Gasteiger partial charge in [0.1, 0.15) is 17.4 Å². The van der Waals surface area contributed by atoms with Gasteiger partial charge >= 0.3 is 5.97 Å². The summed E-state index contributed by atoms with van der Waals surface area (Å²) in [7, 11) is 0. The molecule has 1 saturated carbocycles. The Hall–Kier alpha value is -2.79. The van der Waals surface area contributed by atoms with Crippen LogP contribution in [-0.4, -0.2) is 28.4 Å². The van der Waals surface area contributed by atoms with Crippen LogP contribution in [0, 0.1) is 12.3 Å². The SMILES string of the molecule is CCC(CCc1ccc2oc(C(=O)O)cc2c1)c1ccc(OC2CCCC(C)(C)C2O)c(C)c1. The van der Waals surface area contributed by atoms with Crippen LogP contribution in [0.3, 0.4) is 0 Å². The third-order valence-corrected chi connectivity index (χ3v) is 7.48. The zero-order valence-corrected chi connectivity index (χ0v) is 20.6. The molecule has 2 N–H and O–H groups in total. The number of furan rings is 1. The topological polar surface area (TPSA) is 79.9 Å². The van der Waals surface area contributed by atoms with Gasteiger partial charge in [0.2, 0.25) is 5.76 Å². The van der Waals surface area contributed by atoms with Crippen molar-refractivity contribution in [3.05, 3.63) is 64.9 Å². The lowest BCUT2D eigenvalue weighted by atomic mass is 9.73. The number of ether oxygens (including phenoxy) is 1. The van der Waals surface area contributed by atoms with Gasteiger partial charge in [-0.1, -0.05) is 39.0 Å². The van der Waals surface area contributed by atoms with Crippen molar-refractivity contribution in [3.8, 4) is 5.75 Å². The first-order valence-electron chi connectivity index (χ1n) is 12.4. The fourth-order valence-electron chi connectivity index (χ4n) is 5.21. The molecular formula is C29H36O5. The number of carboxylic acids is 1. The molecular weight excluding hydrogens is 428 g/mol. The standard InChI is InChI=1S/C29H36O5/c1-5-20(10-8-19-9-12-24-22(16-19)17-26(34-24)28(31)32)21-11-13-23(18(2)15-21)33-25-7-6-14-29(3,4)27(25)30/h9,11-13,15-17,20,25,27,30H,5-8,10,14H2,1-4H3,(H,31,32). The summed E-state index contributed by atoms with van der Waals surface area (Å²) in [5, 5.41) is 20.7. The van der Waals surface area contributed by atoms with E-state index in [0.29, 0.717) is 11.5 Å². The molecule has 1 fully saturated rings. The van der Waals surface area contributed by atoms with Crippen LogP contribution in [0.25, 0.3) is 11.0 Å². The molecule has 0 spiro atoms. The van der Waals surface area contributed by atoms with E-state index in [1.165, 1.54) is 11.1 Å². The van der Waals surface area contributed by atoms with E-state index in [9.17, 15) is 9.90 Å². The number of aliphatic hydroxyl groups is 1. The molecule has 5 nitrogen and oxygen atoms in total. The number of carboxylic acid groups (broad SMARTS) is 1. The molecule has 34 heavy (non-hydrogen) atoms. The first-order valence-corrected chi connectivity index (χ1v) is 12.4. The second kappa shape index (κ2) is 9.83. The summed E-state index contributed by atoms with van der Waals surface area (Å²) in [5.74, 6) is 0.204. The molecule has 1 aromatic heterocycles. The van der Waals surface area contributed by atoms with Crippen LogP contribution < -0.4 is 4.74 Å². The van der Waals surface area contributed by atoms with Crippen LogP contribution in [0.1, 0.15) is 86.0 Å². The van der Waals surface area contributed by atoms with Crippen LogP contribution in [-0.2, 0) is 6.42 Å². The third kappa shape index (κ3) is 5.15. The van der Waals surface area contributed by atoms with Gasteiger partial charge in [0.15, 0.2) is 0 Å². The fraction of sp³-hybridized carbons (Fsp3) is 0.483. The molecule has 1 aliphatic carbocycles. The number of benzene rings is 2. The Kier molecular flexibility index (Phi) is 7.04. The second-order valence-corrected chi connectivity index (χ2v) is 10.4. The van der Waals surface area contributed by atoms with Crippen molar-refractivity contribution in [2.24, 2.45) is 5.41 Å². The van der Waals surface area contributed by atoms with E-state index in [1.807, 2.05) is 18.2 Å². The van der Waals surface area contributed by atoms with Crippen LogP contribution in [0.15, 0.2) is 46.9 Å². The molecule has 5 heteroatoms. The molecule has 1 heterocycles. The molecule has 4 rings (SSSR count). The maximum Gasteiger partial charge on any atom is 0.371 e. The second-order valence-electron chi connectivity index (χ2n) is 10.4. The molecule has 0 amide bonds. The molecule has 0 radical (unpaired) electrons. The van der Waals surface area contributed by atoms with Crippen molar-refractivity contribution in [2.75, 3.05) is 0 Å². The predicted molar refractivity (Wildman–Crippen MR) is 134 cm³/mol. The minimum Gasteiger partial charge on any atom is -0.487 e. The van der Waals surface area contributed by atoms with Crippen molar-refractivity contribution in [2.45, 2.75) is 84.3 Å². The number of carbonyl (C=O) groups is 1. The van der Waals surface area contributed by atoms with Crippen LogP contribution >= 0.6 is 0 Å². The highest BCUT2D eigenvalue weighted by molar-refractivity contribution is 5.91. The average Bonchev–Trinajstić information content (AvgIpc) is 3.23. The summed E-state index contributed by atoms with van der Waals surface area (Å²) in [5.41, 5.74) is 4.07. The Balaban J connectivity index is 1.43. The largest absolute Gasteiger partial charge is 0.487 e. The Labute approximate surface area is 201 Å². The highest BCUT2D eigenvalue weighted by atomic mass is 16.5. The van der Waals surface area contributed by atoms with E-state index in [2.05, 4.69) is 45.9 Å². The minimum absolute atomic E-state index is 0.0272. The van der Waals surface area contributed by atoms with Crippen molar-refractivity contribution in [1.29, 1.82) is 0 Å². The highest BCUT2D eigenvalue weighted by Crippen LogP contribution is 2.38. The first-order chi connectivity index (χ1) is 16.2. The molecule has 3 atom stereocenters. The monoisotopic (exact) mass is 464 g/mol. The van der Waals surface area contributed by atoms with Gasteiger partial charge in [-0.3, -0.25) is 0 Å². The van der Waals surface area contributed by atoms with Gasteiger partial charge in [-0.25, -0.2) is 4.79 Å². The van der Waals surface area contributed by atoms with E-state index >= 15 is 0 Å². The molecule has 0 bridgehead atoms. The summed E-state index contributed by atoms with van der Waals surface area (Å²) >= 11 is 0. The summed E-state index contributed by atoms with van der Waals surface area (Å²) in [6, 6.07) is 13.9. The fourth-order valence-corrected chi connectivity index (χ4v) is 5.21. The normalized spacial score (nSPS) is 20.9. The van der Waals surface area contributed by atoms with E-state index in [1.54, 1.807) is 6.07 Å². The molecule has 0 saturated heterocycles. The Morgan fingerprint density at radius 1 is 1.21 bits per heavy atom. The van der Waals surface area contributed by atoms with Crippen LogP contribution in [0.5, 0.6) is 5.75 Å². The predicted octanol–water partition coefficient (Wildman–Crippen LogP) is 6.88. The number of aliphatic hydroxyl groups excluding tert-OH is 1. The van der Waals surface area contributed by atoms with Crippen molar-refractivity contribution in [1.82, 2.24) is 0 Å². The lowest BCUT2D eigenvalue weighted by molar-refractivity contribution is -0.0691. The van der Waals surface area contributed by atoms with Gasteiger partial charge in [0.05, 0.1) is 6.10 Å². The summed E-state index contributed by atoms with van der Waals surface area (Å²) in [6.07, 6.45) is 5.32. The van der Waals surface area contributed by atoms with Gasteiger partial charge < -0.3 is 19.4 Å². The smallest absolute Gasteiger partial charge is 0.371 e. The Morgan fingerprint density at radius 3 is 2.71 bits per heavy atom. The summed E-state index contributed by atoms with van der Waals surface area (Å²) < 4.78 is 11.7. The van der Waals surface area contributed by atoms with Gasteiger partial charge in [0, 0.05) is 5.39 Å². The number of rotatable bonds is 8. The van der Waals surface area contributed by atoms with Gasteiger partial charge in [-0.2, -0.15) is 0 Å². The molecule has 2 aromatic carbocycles. The minimum atomic E-state index is -1.05. The summed E-state index contributed by atoms with van der Waals surface area (Å²) in [4.78, 5) is 11.2. The highest BCUT2D eigenvalue weighted by Gasteiger charge is 2.39. The number of hydrogen-bond acceptors (Lipinski definition) is 4. The first kappa shape index (κ1) is 24.3. The maximum absolute atomic E-state index is 11.2.